The van der Waals surface area contributed by atoms with Crippen molar-refractivity contribution in [1.82, 2.24) is 10.6 Å². The monoisotopic (exact) mass is 326 g/mol. The van der Waals surface area contributed by atoms with Crippen molar-refractivity contribution in [1.29, 1.82) is 0 Å². The van der Waals surface area contributed by atoms with Crippen LogP contribution >= 0.6 is 0 Å². The third-order valence-electron chi connectivity index (χ3n) is 4.10. The van der Waals surface area contributed by atoms with E-state index in [0.717, 1.165) is 25.7 Å². The summed E-state index contributed by atoms with van der Waals surface area (Å²) in [6, 6.07) is 0.475. The molecule has 0 saturated heterocycles. The predicted octanol–water partition coefficient (Wildman–Crippen LogP) is 4.33. The van der Waals surface area contributed by atoms with Crippen LogP contribution in [0.1, 0.15) is 98.3 Å². The van der Waals surface area contributed by atoms with Gasteiger partial charge in [0.05, 0.1) is 0 Å². The van der Waals surface area contributed by atoms with E-state index in [1.165, 1.54) is 25.7 Å². The Kier molecular flexibility index (Phi) is 13.9. The van der Waals surface area contributed by atoms with Gasteiger partial charge >= 0.3 is 0 Å². The van der Waals surface area contributed by atoms with Crippen LogP contribution in [-0.2, 0) is 9.59 Å². The fraction of sp³-hybridized carbons (Fsp3) is 0.895. The summed E-state index contributed by atoms with van der Waals surface area (Å²) in [4.78, 5) is 23.6. The largest absolute Gasteiger partial charge is 0.354 e. The van der Waals surface area contributed by atoms with Gasteiger partial charge in [-0.25, -0.2) is 0 Å². The van der Waals surface area contributed by atoms with Crippen molar-refractivity contribution in [2.45, 2.75) is 110 Å². The molecule has 0 rings (SSSR count). The smallest absolute Gasteiger partial charge is 0.220 e. The molecule has 0 fully saturated rings. The van der Waals surface area contributed by atoms with Crippen molar-refractivity contribution in [3.8, 4) is 0 Å². The van der Waals surface area contributed by atoms with E-state index in [1.807, 2.05) is 0 Å². The lowest BCUT2D eigenvalue weighted by Gasteiger charge is -2.15. The van der Waals surface area contributed by atoms with E-state index in [0.29, 0.717) is 19.3 Å². The topological polar surface area (TPSA) is 58.2 Å². The normalized spacial score (nSPS) is 13.4. The number of nitrogens with one attached hydrogen (secondary N) is 2. The second-order valence-electron chi connectivity index (χ2n) is 6.78. The first-order valence-corrected chi connectivity index (χ1v) is 9.58. The Hall–Kier alpha value is -1.06. The van der Waals surface area contributed by atoms with Gasteiger partial charge in [-0.3, -0.25) is 9.59 Å². The molecule has 0 aromatic rings. The summed E-state index contributed by atoms with van der Waals surface area (Å²) in [5.74, 6) is 0.135. The Balaban J connectivity index is 3.67. The number of rotatable bonds is 14. The minimum absolute atomic E-state index is 0.0674. The molecule has 4 nitrogen and oxygen atoms in total. The lowest BCUT2D eigenvalue weighted by atomic mass is 10.1. The highest BCUT2D eigenvalue weighted by Gasteiger charge is 2.10. The molecule has 0 radical (unpaired) electrons. The van der Waals surface area contributed by atoms with E-state index in [9.17, 15) is 9.59 Å². The molecule has 23 heavy (non-hydrogen) atoms. The summed E-state index contributed by atoms with van der Waals surface area (Å²) in [5, 5.41) is 6.03. The lowest BCUT2D eigenvalue weighted by molar-refractivity contribution is -0.123. The van der Waals surface area contributed by atoms with E-state index in [4.69, 9.17) is 0 Å². The standard InChI is InChI=1S/C19H38N2O2/c1-5-7-9-12-16(3)20-18(22)14-11-15-19(23)21-17(4)13-10-8-6-2/h16-17H,5-15H2,1-4H3,(H,20,22)(H,21,23). The van der Waals surface area contributed by atoms with Gasteiger partial charge in [0.25, 0.3) is 0 Å². The quantitative estimate of drug-likeness (QED) is 0.467. The first kappa shape index (κ1) is 21.9. The maximum Gasteiger partial charge on any atom is 0.220 e. The first-order chi connectivity index (χ1) is 11.0. The Morgan fingerprint density at radius 2 is 1.09 bits per heavy atom. The zero-order chi connectivity index (χ0) is 17.5. The van der Waals surface area contributed by atoms with Crippen LogP contribution in [0, 0.1) is 0 Å². The fourth-order valence-electron chi connectivity index (χ4n) is 2.65. The van der Waals surface area contributed by atoms with Crippen LogP contribution in [0.3, 0.4) is 0 Å². The van der Waals surface area contributed by atoms with Gasteiger partial charge < -0.3 is 10.6 Å². The average molecular weight is 327 g/mol. The summed E-state index contributed by atoms with van der Waals surface area (Å²) in [5.41, 5.74) is 0. The zero-order valence-corrected chi connectivity index (χ0v) is 15.7. The summed E-state index contributed by atoms with van der Waals surface area (Å²) in [6.45, 7) is 8.47. The molecule has 2 unspecified atom stereocenters. The molecule has 0 aromatic carbocycles. The van der Waals surface area contributed by atoms with Crippen molar-refractivity contribution in [2.75, 3.05) is 0 Å². The van der Waals surface area contributed by atoms with Crippen molar-refractivity contribution < 1.29 is 9.59 Å². The second-order valence-corrected chi connectivity index (χ2v) is 6.78. The summed E-state index contributed by atoms with van der Waals surface area (Å²) >= 11 is 0. The summed E-state index contributed by atoms with van der Waals surface area (Å²) in [6.07, 6.45) is 10.7. The highest BCUT2D eigenvalue weighted by molar-refractivity contribution is 5.79. The van der Waals surface area contributed by atoms with Gasteiger partial charge in [0, 0.05) is 24.9 Å². The third kappa shape index (κ3) is 14.3. The second kappa shape index (κ2) is 14.5. The van der Waals surface area contributed by atoms with E-state index in [2.05, 4.69) is 38.3 Å². The van der Waals surface area contributed by atoms with Gasteiger partial charge in [0.1, 0.15) is 0 Å². The Bertz CT molecular complexity index is 288. The molecule has 0 saturated carbocycles. The molecular weight excluding hydrogens is 288 g/mol. The Labute approximate surface area is 143 Å². The predicted molar refractivity (Wildman–Crippen MR) is 97.3 cm³/mol. The molecule has 2 amide bonds. The van der Waals surface area contributed by atoms with Gasteiger partial charge in [-0.05, 0) is 33.1 Å². The highest BCUT2D eigenvalue weighted by Crippen LogP contribution is 2.05. The van der Waals surface area contributed by atoms with E-state index >= 15 is 0 Å². The fourth-order valence-corrected chi connectivity index (χ4v) is 2.65. The number of hydrogen-bond acceptors (Lipinski definition) is 2. The molecule has 0 aliphatic heterocycles. The lowest BCUT2D eigenvalue weighted by Crippen LogP contribution is -2.34. The number of hydrogen-bond donors (Lipinski definition) is 2. The van der Waals surface area contributed by atoms with E-state index in [-0.39, 0.29) is 23.9 Å². The maximum atomic E-state index is 11.8. The average Bonchev–Trinajstić information content (AvgIpc) is 2.47. The van der Waals surface area contributed by atoms with Gasteiger partial charge in [-0.15, -0.1) is 0 Å². The Morgan fingerprint density at radius 1 is 0.696 bits per heavy atom. The molecule has 0 aliphatic rings. The SMILES string of the molecule is CCCCCC(C)NC(=O)CCCC(=O)NC(C)CCCCC. The van der Waals surface area contributed by atoms with Crippen LogP contribution in [0.5, 0.6) is 0 Å². The van der Waals surface area contributed by atoms with E-state index < -0.39 is 0 Å². The van der Waals surface area contributed by atoms with Gasteiger partial charge in [0.15, 0.2) is 0 Å². The highest BCUT2D eigenvalue weighted by atomic mass is 16.2. The van der Waals surface area contributed by atoms with Crippen LogP contribution < -0.4 is 10.6 Å². The molecule has 4 heteroatoms. The third-order valence-corrected chi connectivity index (χ3v) is 4.10. The van der Waals surface area contributed by atoms with Crippen LogP contribution in [0.2, 0.25) is 0 Å². The molecule has 2 atom stereocenters. The van der Waals surface area contributed by atoms with Crippen LogP contribution in [0.25, 0.3) is 0 Å². The minimum Gasteiger partial charge on any atom is -0.354 e. The zero-order valence-electron chi connectivity index (χ0n) is 15.7. The van der Waals surface area contributed by atoms with Crippen molar-refractivity contribution in [3.63, 3.8) is 0 Å². The van der Waals surface area contributed by atoms with Gasteiger partial charge in [0.2, 0.25) is 11.8 Å². The number of carbonyl (C=O) groups is 2. The summed E-state index contributed by atoms with van der Waals surface area (Å²) in [7, 11) is 0. The number of unbranched alkanes of at least 4 members (excludes halogenated alkanes) is 4. The molecular formula is C19H38N2O2. The van der Waals surface area contributed by atoms with Crippen LogP contribution in [-0.4, -0.2) is 23.9 Å². The number of amides is 2. The summed E-state index contributed by atoms with van der Waals surface area (Å²) < 4.78 is 0. The molecule has 0 aliphatic carbocycles. The van der Waals surface area contributed by atoms with Gasteiger partial charge in [-0.2, -0.15) is 0 Å². The van der Waals surface area contributed by atoms with Crippen LogP contribution in [0.15, 0.2) is 0 Å². The maximum absolute atomic E-state index is 11.8. The molecule has 0 spiro atoms. The molecule has 0 bridgehead atoms. The van der Waals surface area contributed by atoms with Crippen molar-refractivity contribution >= 4 is 11.8 Å². The van der Waals surface area contributed by atoms with E-state index in [1.54, 1.807) is 0 Å². The van der Waals surface area contributed by atoms with Crippen molar-refractivity contribution in [3.05, 3.63) is 0 Å². The number of carbonyl (C=O) groups excluding carboxylic acids is 2. The van der Waals surface area contributed by atoms with Crippen molar-refractivity contribution in [2.24, 2.45) is 0 Å². The Morgan fingerprint density at radius 3 is 1.43 bits per heavy atom. The first-order valence-electron chi connectivity index (χ1n) is 9.58. The molecule has 2 N–H and O–H groups in total. The van der Waals surface area contributed by atoms with Crippen LogP contribution in [0.4, 0.5) is 0 Å². The molecule has 136 valence electrons. The molecule has 0 heterocycles. The minimum atomic E-state index is 0.0674. The van der Waals surface area contributed by atoms with Gasteiger partial charge in [-0.1, -0.05) is 52.4 Å². The molecule has 0 aromatic heterocycles.